The molecule has 0 radical (unpaired) electrons. The molecule has 1 aromatic rings. The first-order chi connectivity index (χ1) is 15.8. The topological polar surface area (TPSA) is 95.6 Å². The van der Waals surface area contributed by atoms with E-state index < -0.39 is 27.7 Å². The molecule has 2 N–H and O–H groups in total. The van der Waals surface area contributed by atoms with E-state index in [-0.39, 0.29) is 23.0 Å². The van der Waals surface area contributed by atoms with E-state index in [4.69, 9.17) is 0 Å². The highest BCUT2D eigenvalue weighted by molar-refractivity contribution is 7.89. The van der Waals surface area contributed by atoms with E-state index in [0.29, 0.717) is 25.9 Å². The lowest BCUT2D eigenvalue weighted by Gasteiger charge is -2.34. The second-order valence-electron chi connectivity index (χ2n) is 8.83. The summed E-state index contributed by atoms with van der Waals surface area (Å²) >= 11 is 0. The molecule has 7 nitrogen and oxygen atoms in total. The van der Waals surface area contributed by atoms with Crippen LogP contribution in [0.25, 0.3) is 0 Å². The van der Waals surface area contributed by atoms with Crippen molar-refractivity contribution in [1.82, 2.24) is 14.9 Å². The second-order valence-corrected chi connectivity index (χ2v) is 10.7. The molecule has 1 saturated heterocycles. The number of benzene rings is 1. The highest BCUT2D eigenvalue weighted by atomic mass is 32.2. The van der Waals surface area contributed by atoms with Gasteiger partial charge in [0.2, 0.25) is 10.0 Å². The molecule has 182 valence electrons. The molecule has 9 heteroatoms. The fraction of sp³-hybridized carbons (Fsp3) is 0.583. The van der Waals surface area contributed by atoms with Crippen LogP contribution in [-0.2, 0) is 19.6 Å². The highest BCUT2D eigenvalue weighted by Gasteiger charge is 2.33. The first-order valence-electron chi connectivity index (χ1n) is 11.8. The number of carbonyl (C=O) groups is 2. The van der Waals surface area contributed by atoms with Crippen LogP contribution >= 0.6 is 0 Å². The quantitative estimate of drug-likeness (QED) is 0.442. The fourth-order valence-corrected chi connectivity index (χ4v) is 6.28. The van der Waals surface area contributed by atoms with Crippen molar-refractivity contribution in [3.05, 3.63) is 41.2 Å². The summed E-state index contributed by atoms with van der Waals surface area (Å²) in [6.07, 6.45) is 10.2. The van der Waals surface area contributed by atoms with Crippen LogP contribution in [0.15, 0.2) is 34.7 Å². The van der Waals surface area contributed by atoms with Gasteiger partial charge in [0.15, 0.2) is 0 Å². The van der Waals surface area contributed by atoms with Crippen LogP contribution in [-0.4, -0.2) is 50.2 Å². The standard InChI is InChI=1S/C24H34FN3O4S/c1-18-17-21(10-11-22(18)25)33(31,32)28-16-6-5-9-20(28)13-15-27-24(30)23(29)26-14-12-19-7-3-2-4-8-19/h7,10-11,17,20H,2-6,8-9,12-16H2,1H3,(H,26,29)(H,27,30)/t20-/m1/s1. The van der Waals surface area contributed by atoms with Crippen molar-refractivity contribution in [2.24, 2.45) is 0 Å². The lowest BCUT2D eigenvalue weighted by atomic mass is 9.97. The van der Waals surface area contributed by atoms with E-state index >= 15 is 0 Å². The van der Waals surface area contributed by atoms with Crippen LogP contribution in [0, 0.1) is 12.7 Å². The Bertz CT molecular complexity index is 993. The molecule has 0 aromatic heterocycles. The van der Waals surface area contributed by atoms with Crippen molar-refractivity contribution in [3.63, 3.8) is 0 Å². The SMILES string of the molecule is Cc1cc(S(=O)(=O)N2CCCC[C@@H]2CCNC(=O)C(=O)NCCC2=CCCCC2)ccc1F. The predicted octanol–water partition coefficient (Wildman–Crippen LogP) is 3.19. The van der Waals surface area contributed by atoms with Crippen LogP contribution in [0.4, 0.5) is 4.39 Å². The van der Waals surface area contributed by atoms with Gasteiger partial charge >= 0.3 is 11.8 Å². The Morgan fingerprint density at radius 3 is 2.55 bits per heavy atom. The van der Waals surface area contributed by atoms with Gasteiger partial charge in [-0.05, 0) is 82.1 Å². The maximum atomic E-state index is 13.6. The zero-order valence-corrected chi connectivity index (χ0v) is 20.1. The summed E-state index contributed by atoms with van der Waals surface area (Å²) in [5.41, 5.74) is 1.61. The minimum atomic E-state index is -3.77. The molecule has 1 atom stereocenters. The summed E-state index contributed by atoms with van der Waals surface area (Å²) in [5.74, 6) is -1.81. The molecule has 1 aromatic carbocycles. The number of nitrogens with zero attached hydrogens (tertiary/aromatic N) is 1. The second kappa shape index (κ2) is 11.7. The smallest absolute Gasteiger partial charge is 0.309 e. The third-order valence-corrected chi connectivity index (χ3v) is 8.34. The summed E-state index contributed by atoms with van der Waals surface area (Å²) in [5, 5.41) is 5.26. The summed E-state index contributed by atoms with van der Waals surface area (Å²) in [6.45, 7) is 2.56. The molecular formula is C24H34FN3O4S. The van der Waals surface area contributed by atoms with Crippen LogP contribution < -0.4 is 10.6 Å². The maximum absolute atomic E-state index is 13.6. The van der Waals surface area contributed by atoms with E-state index in [0.717, 1.165) is 32.1 Å². The molecule has 1 aliphatic heterocycles. The summed E-state index contributed by atoms with van der Waals surface area (Å²) in [7, 11) is -3.77. The first-order valence-corrected chi connectivity index (χ1v) is 13.2. The average Bonchev–Trinajstić information content (AvgIpc) is 2.81. The van der Waals surface area contributed by atoms with Crippen LogP contribution in [0.3, 0.4) is 0 Å². The van der Waals surface area contributed by atoms with Gasteiger partial charge in [-0.1, -0.05) is 18.1 Å². The van der Waals surface area contributed by atoms with Crippen molar-refractivity contribution < 1.29 is 22.4 Å². The summed E-state index contributed by atoms with van der Waals surface area (Å²) in [6, 6.07) is 3.53. The lowest BCUT2D eigenvalue weighted by molar-refractivity contribution is -0.139. The Hall–Kier alpha value is -2.26. The highest BCUT2D eigenvalue weighted by Crippen LogP contribution is 2.27. The molecular weight excluding hydrogens is 445 g/mol. The van der Waals surface area contributed by atoms with Gasteiger partial charge in [-0.15, -0.1) is 0 Å². The Morgan fingerprint density at radius 1 is 1.09 bits per heavy atom. The summed E-state index contributed by atoms with van der Waals surface area (Å²) < 4.78 is 41.4. The van der Waals surface area contributed by atoms with Gasteiger partial charge in [-0.3, -0.25) is 9.59 Å². The number of allylic oxidation sites excluding steroid dienone is 1. The van der Waals surface area contributed by atoms with Gasteiger partial charge in [0.25, 0.3) is 0 Å². The molecule has 1 fully saturated rings. The lowest BCUT2D eigenvalue weighted by Crippen LogP contribution is -2.46. The minimum Gasteiger partial charge on any atom is -0.348 e. The molecule has 33 heavy (non-hydrogen) atoms. The van der Waals surface area contributed by atoms with E-state index in [1.54, 1.807) is 0 Å². The first kappa shape index (κ1) is 25.4. The van der Waals surface area contributed by atoms with Gasteiger partial charge in [0.05, 0.1) is 4.90 Å². The van der Waals surface area contributed by atoms with Crippen molar-refractivity contribution in [2.45, 2.75) is 75.6 Å². The molecule has 2 aliphatic rings. The van der Waals surface area contributed by atoms with Crippen LogP contribution in [0.1, 0.15) is 63.4 Å². The van der Waals surface area contributed by atoms with Crippen molar-refractivity contribution in [2.75, 3.05) is 19.6 Å². The third kappa shape index (κ3) is 6.86. The zero-order valence-electron chi connectivity index (χ0n) is 19.2. The Kier molecular flexibility index (Phi) is 9.02. The third-order valence-electron chi connectivity index (χ3n) is 6.40. The van der Waals surface area contributed by atoms with Gasteiger partial charge < -0.3 is 10.6 Å². The van der Waals surface area contributed by atoms with Crippen molar-refractivity contribution in [3.8, 4) is 0 Å². The van der Waals surface area contributed by atoms with Crippen LogP contribution in [0.2, 0.25) is 0 Å². The normalized spacial score (nSPS) is 19.6. The zero-order chi connectivity index (χ0) is 23.8. The average molecular weight is 480 g/mol. The molecule has 0 spiro atoms. The van der Waals surface area contributed by atoms with E-state index in [1.165, 1.54) is 47.8 Å². The molecule has 1 aliphatic carbocycles. The minimum absolute atomic E-state index is 0.0739. The molecule has 2 amide bonds. The fourth-order valence-electron chi connectivity index (χ4n) is 4.47. The van der Waals surface area contributed by atoms with Gasteiger partial charge in [-0.2, -0.15) is 4.31 Å². The molecule has 0 saturated carbocycles. The number of rotatable bonds is 8. The molecule has 0 bridgehead atoms. The number of amides is 2. The largest absolute Gasteiger partial charge is 0.348 e. The van der Waals surface area contributed by atoms with Gasteiger partial charge in [0.1, 0.15) is 5.82 Å². The number of hydrogen-bond donors (Lipinski definition) is 2. The number of piperidine rings is 1. The van der Waals surface area contributed by atoms with Crippen molar-refractivity contribution in [1.29, 1.82) is 0 Å². The molecule has 0 unspecified atom stereocenters. The van der Waals surface area contributed by atoms with Gasteiger partial charge in [-0.25, -0.2) is 12.8 Å². The number of nitrogens with one attached hydrogen (secondary N) is 2. The number of sulfonamides is 1. The van der Waals surface area contributed by atoms with Crippen LogP contribution in [0.5, 0.6) is 0 Å². The summed E-state index contributed by atoms with van der Waals surface area (Å²) in [4.78, 5) is 24.3. The maximum Gasteiger partial charge on any atom is 0.309 e. The number of hydrogen-bond acceptors (Lipinski definition) is 4. The predicted molar refractivity (Wildman–Crippen MR) is 124 cm³/mol. The molecule has 1 heterocycles. The monoisotopic (exact) mass is 479 g/mol. The Labute approximate surface area is 195 Å². The van der Waals surface area contributed by atoms with E-state index in [9.17, 15) is 22.4 Å². The molecule has 3 rings (SSSR count). The number of halogens is 1. The Morgan fingerprint density at radius 2 is 1.85 bits per heavy atom. The van der Waals surface area contributed by atoms with Crippen molar-refractivity contribution >= 4 is 21.8 Å². The van der Waals surface area contributed by atoms with E-state index in [2.05, 4.69) is 16.7 Å². The Balaban J connectivity index is 1.49. The number of aryl methyl sites for hydroxylation is 1. The number of carbonyl (C=O) groups excluding carboxylic acids is 2. The van der Waals surface area contributed by atoms with E-state index in [1.807, 2.05) is 0 Å². The van der Waals surface area contributed by atoms with Gasteiger partial charge in [0, 0.05) is 25.7 Å².